The summed E-state index contributed by atoms with van der Waals surface area (Å²) in [5, 5.41) is 9.11. The van der Waals surface area contributed by atoms with Crippen molar-refractivity contribution in [2.45, 2.75) is 30.4 Å². The molecule has 1 amide bonds. The maximum absolute atomic E-state index is 11.7. The van der Waals surface area contributed by atoms with E-state index in [4.69, 9.17) is 10.5 Å². The molecule has 3 heterocycles. The molecule has 6 nitrogen and oxygen atoms in total. The molecular weight excluding hydrogens is 256 g/mol. The molecule has 3 N–H and O–H groups in total. The van der Waals surface area contributed by atoms with Gasteiger partial charge < -0.3 is 15.6 Å². The fourth-order valence-electron chi connectivity index (χ4n) is 2.64. The Kier molecular flexibility index (Phi) is 2.84. The summed E-state index contributed by atoms with van der Waals surface area (Å²) in [5.41, 5.74) is 6.50. The van der Waals surface area contributed by atoms with Crippen molar-refractivity contribution in [1.82, 2.24) is 4.90 Å². The highest BCUT2D eigenvalue weighted by atomic mass is 32.2. The van der Waals surface area contributed by atoms with Crippen LogP contribution in [0.4, 0.5) is 0 Å². The summed E-state index contributed by atoms with van der Waals surface area (Å²) in [5.74, 6) is -0.791. The van der Waals surface area contributed by atoms with E-state index in [9.17, 15) is 14.7 Å². The van der Waals surface area contributed by atoms with Crippen molar-refractivity contribution in [3.05, 3.63) is 11.3 Å². The number of nitrogens with zero attached hydrogens (tertiary/aromatic N) is 1. The Bertz CT molecular complexity index is 444. The SMILES string of the molecule is NC1C(=O)N2C(C(=O)O)=C([C@H]3CCCO3)CS[C@H]12. The third kappa shape index (κ3) is 1.58. The van der Waals surface area contributed by atoms with Crippen LogP contribution in [0.5, 0.6) is 0 Å². The zero-order chi connectivity index (χ0) is 12.9. The molecular formula is C11H14N2O4S. The lowest BCUT2D eigenvalue weighted by atomic mass is 10.00. The van der Waals surface area contributed by atoms with Gasteiger partial charge in [-0.15, -0.1) is 11.8 Å². The van der Waals surface area contributed by atoms with E-state index in [0.717, 1.165) is 18.4 Å². The number of ether oxygens (including phenoxy) is 1. The zero-order valence-corrected chi connectivity index (χ0v) is 10.5. The Morgan fingerprint density at radius 2 is 2.33 bits per heavy atom. The van der Waals surface area contributed by atoms with Gasteiger partial charge in [-0.05, 0) is 18.4 Å². The first-order valence-electron chi connectivity index (χ1n) is 5.89. The molecule has 1 unspecified atom stereocenters. The molecule has 3 aliphatic rings. The molecule has 0 radical (unpaired) electrons. The molecule has 3 atom stereocenters. The fourth-order valence-corrected chi connectivity index (χ4v) is 3.99. The Morgan fingerprint density at radius 1 is 1.56 bits per heavy atom. The van der Waals surface area contributed by atoms with Crippen LogP contribution in [0.3, 0.4) is 0 Å². The maximum atomic E-state index is 11.7. The number of aliphatic carboxylic acids is 1. The molecule has 0 saturated carbocycles. The van der Waals surface area contributed by atoms with Crippen molar-refractivity contribution in [2.24, 2.45) is 5.73 Å². The van der Waals surface area contributed by atoms with Gasteiger partial charge in [0.25, 0.3) is 0 Å². The molecule has 0 aromatic heterocycles. The van der Waals surface area contributed by atoms with Gasteiger partial charge in [0.1, 0.15) is 17.1 Å². The summed E-state index contributed by atoms with van der Waals surface area (Å²) in [6.07, 6.45) is 1.60. The Labute approximate surface area is 108 Å². The lowest BCUT2D eigenvalue weighted by Crippen LogP contribution is -2.68. The largest absolute Gasteiger partial charge is 0.477 e. The van der Waals surface area contributed by atoms with Crippen LogP contribution >= 0.6 is 11.8 Å². The zero-order valence-electron chi connectivity index (χ0n) is 9.67. The summed E-state index contributed by atoms with van der Waals surface area (Å²) < 4.78 is 5.54. The number of nitrogens with two attached hydrogens (primary N) is 1. The average molecular weight is 270 g/mol. The average Bonchev–Trinajstić information content (AvgIpc) is 2.89. The Morgan fingerprint density at radius 3 is 2.94 bits per heavy atom. The van der Waals surface area contributed by atoms with Gasteiger partial charge >= 0.3 is 5.97 Å². The lowest BCUT2D eigenvalue weighted by Gasteiger charge is -2.48. The molecule has 7 heteroatoms. The molecule has 2 saturated heterocycles. The van der Waals surface area contributed by atoms with Gasteiger partial charge in [0.05, 0.1) is 6.10 Å². The third-order valence-corrected chi connectivity index (χ3v) is 4.88. The highest BCUT2D eigenvalue weighted by molar-refractivity contribution is 8.00. The van der Waals surface area contributed by atoms with E-state index in [1.165, 1.54) is 16.7 Å². The van der Waals surface area contributed by atoms with Gasteiger partial charge in [0.2, 0.25) is 5.91 Å². The van der Waals surface area contributed by atoms with E-state index in [2.05, 4.69) is 0 Å². The molecule has 3 rings (SSSR count). The van der Waals surface area contributed by atoms with Crippen molar-refractivity contribution < 1.29 is 19.4 Å². The standard InChI is InChI=1S/C11H14N2O4S/c12-7-9(14)13-8(11(15)16)5(4-18-10(7)13)6-2-1-3-17-6/h6-7,10H,1-4,12H2,(H,15,16)/t6-,7?,10-/m1/s1. The van der Waals surface area contributed by atoms with Gasteiger partial charge in [-0.25, -0.2) is 4.79 Å². The van der Waals surface area contributed by atoms with Crippen LogP contribution in [0.2, 0.25) is 0 Å². The Hall–Kier alpha value is -1.05. The van der Waals surface area contributed by atoms with E-state index < -0.39 is 12.0 Å². The number of hydrogen-bond donors (Lipinski definition) is 2. The summed E-state index contributed by atoms with van der Waals surface area (Å²) in [7, 11) is 0. The summed E-state index contributed by atoms with van der Waals surface area (Å²) in [6.45, 7) is 0.655. The number of carboxylic acid groups (broad SMARTS) is 1. The smallest absolute Gasteiger partial charge is 0.352 e. The van der Waals surface area contributed by atoms with Crippen molar-refractivity contribution in [1.29, 1.82) is 0 Å². The number of carbonyl (C=O) groups is 2. The molecule has 0 aromatic carbocycles. The first kappa shape index (κ1) is 12.0. The van der Waals surface area contributed by atoms with Crippen LogP contribution < -0.4 is 5.73 Å². The second-order valence-corrected chi connectivity index (χ2v) is 5.72. The molecule has 18 heavy (non-hydrogen) atoms. The second-order valence-electron chi connectivity index (χ2n) is 4.62. The maximum Gasteiger partial charge on any atom is 0.352 e. The minimum absolute atomic E-state index is 0.0948. The van der Waals surface area contributed by atoms with Crippen LogP contribution in [0.1, 0.15) is 12.8 Å². The normalized spacial score (nSPS) is 35.5. The number of amides is 1. The van der Waals surface area contributed by atoms with Crippen molar-refractivity contribution in [3.63, 3.8) is 0 Å². The van der Waals surface area contributed by atoms with Crippen LogP contribution in [0.25, 0.3) is 0 Å². The van der Waals surface area contributed by atoms with Gasteiger partial charge in [0.15, 0.2) is 0 Å². The summed E-state index contributed by atoms with van der Waals surface area (Å²) in [4.78, 5) is 24.4. The fraction of sp³-hybridized carbons (Fsp3) is 0.636. The predicted octanol–water partition coefficient (Wildman–Crippen LogP) is -0.253. The van der Waals surface area contributed by atoms with Crippen LogP contribution in [0.15, 0.2) is 11.3 Å². The molecule has 0 aromatic rings. The highest BCUT2D eigenvalue weighted by Crippen LogP contribution is 2.41. The van der Waals surface area contributed by atoms with Gasteiger partial charge in [-0.1, -0.05) is 0 Å². The minimum Gasteiger partial charge on any atom is -0.477 e. The monoisotopic (exact) mass is 270 g/mol. The van der Waals surface area contributed by atoms with E-state index in [1.807, 2.05) is 0 Å². The second kappa shape index (κ2) is 4.25. The Balaban J connectivity index is 1.97. The number of fused-ring (bicyclic) bond motifs is 1. The van der Waals surface area contributed by atoms with Crippen molar-refractivity contribution in [3.8, 4) is 0 Å². The first-order chi connectivity index (χ1) is 8.61. The summed E-state index contributed by atoms with van der Waals surface area (Å²) in [6, 6.07) is -0.574. The number of hydrogen-bond acceptors (Lipinski definition) is 5. The topological polar surface area (TPSA) is 92.9 Å². The van der Waals surface area contributed by atoms with E-state index >= 15 is 0 Å². The molecule has 0 bridgehead atoms. The number of β-lactam (4-membered cyclic amide) rings is 1. The van der Waals surface area contributed by atoms with Crippen LogP contribution in [-0.2, 0) is 14.3 Å². The predicted molar refractivity (Wildman–Crippen MR) is 64.7 cm³/mol. The molecule has 98 valence electrons. The number of rotatable bonds is 2. The number of carbonyl (C=O) groups excluding carboxylic acids is 1. The van der Waals surface area contributed by atoms with Gasteiger partial charge in [-0.3, -0.25) is 9.69 Å². The van der Waals surface area contributed by atoms with Gasteiger partial charge in [0, 0.05) is 12.4 Å². The molecule has 0 aliphatic carbocycles. The highest BCUT2D eigenvalue weighted by Gasteiger charge is 2.52. The minimum atomic E-state index is -1.06. The molecule has 2 fully saturated rings. The lowest BCUT2D eigenvalue weighted by molar-refractivity contribution is -0.148. The third-order valence-electron chi connectivity index (χ3n) is 3.56. The number of thioether (sulfide) groups is 1. The number of carboxylic acids is 1. The van der Waals surface area contributed by atoms with Crippen LogP contribution in [0, 0.1) is 0 Å². The molecule has 3 aliphatic heterocycles. The van der Waals surface area contributed by atoms with Gasteiger partial charge in [-0.2, -0.15) is 0 Å². The van der Waals surface area contributed by atoms with E-state index in [1.54, 1.807) is 0 Å². The van der Waals surface area contributed by atoms with E-state index in [-0.39, 0.29) is 23.1 Å². The van der Waals surface area contributed by atoms with E-state index in [0.29, 0.717) is 12.4 Å². The van der Waals surface area contributed by atoms with Crippen LogP contribution in [-0.4, -0.2) is 51.8 Å². The summed E-state index contributed by atoms with van der Waals surface area (Å²) >= 11 is 1.52. The quantitative estimate of drug-likeness (QED) is 0.672. The molecule has 0 spiro atoms. The van der Waals surface area contributed by atoms with Crippen molar-refractivity contribution >= 4 is 23.6 Å². The van der Waals surface area contributed by atoms with Crippen molar-refractivity contribution in [2.75, 3.05) is 12.4 Å². The first-order valence-corrected chi connectivity index (χ1v) is 6.94.